The molecule has 1 aromatic rings. The second-order valence-electron chi connectivity index (χ2n) is 3.54. The maximum absolute atomic E-state index is 11.4. The quantitative estimate of drug-likeness (QED) is 0.589. The van der Waals surface area contributed by atoms with Gasteiger partial charge in [-0.25, -0.2) is 0 Å². The summed E-state index contributed by atoms with van der Waals surface area (Å²) < 4.78 is 0. The average Bonchev–Trinajstić information content (AvgIpc) is 2.12. The summed E-state index contributed by atoms with van der Waals surface area (Å²) in [6.07, 6.45) is 1.53. The minimum absolute atomic E-state index is 0.224. The van der Waals surface area contributed by atoms with Crippen LogP contribution in [0.1, 0.15) is 17.5 Å². The largest absolute Gasteiger partial charge is 0.315 e. The summed E-state index contributed by atoms with van der Waals surface area (Å²) in [7, 11) is 1.85. The fourth-order valence-corrected chi connectivity index (χ4v) is 1.94. The Morgan fingerprint density at radius 3 is 2.85 bits per heavy atom. The van der Waals surface area contributed by atoms with Gasteiger partial charge in [-0.05, 0) is 24.5 Å². The standard InChI is InChI=1S/C11H13NO/c1-8-4-3-5-9-6-7-10(13)12(2)11(8)9/h3-5H,6-7H2,1-2H3. The Morgan fingerprint density at radius 2 is 2.08 bits per heavy atom. The van der Waals surface area contributed by atoms with Gasteiger partial charge >= 0.3 is 0 Å². The zero-order chi connectivity index (χ0) is 9.42. The first kappa shape index (κ1) is 8.30. The molecule has 0 N–H and O–H groups in total. The van der Waals surface area contributed by atoms with Gasteiger partial charge < -0.3 is 4.90 Å². The molecule has 1 aromatic carbocycles. The van der Waals surface area contributed by atoms with Crippen molar-refractivity contribution in [2.24, 2.45) is 0 Å². The highest BCUT2D eigenvalue weighted by atomic mass is 16.2. The first-order valence-corrected chi connectivity index (χ1v) is 4.55. The third-order valence-electron chi connectivity index (χ3n) is 2.64. The highest BCUT2D eigenvalue weighted by Gasteiger charge is 2.21. The molecule has 0 bridgehead atoms. The lowest BCUT2D eigenvalue weighted by atomic mass is 9.98. The highest BCUT2D eigenvalue weighted by molar-refractivity contribution is 5.96. The van der Waals surface area contributed by atoms with Gasteiger partial charge in [0.1, 0.15) is 0 Å². The van der Waals surface area contributed by atoms with Crippen molar-refractivity contribution in [3.05, 3.63) is 29.3 Å². The van der Waals surface area contributed by atoms with Gasteiger partial charge in [-0.3, -0.25) is 4.79 Å². The number of aryl methyl sites for hydroxylation is 2. The van der Waals surface area contributed by atoms with Gasteiger partial charge in [0.05, 0.1) is 0 Å². The van der Waals surface area contributed by atoms with Gasteiger partial charge in [0, 0.05) is 19.2 Å². The molecule has 0 radical (unpaired) electrons. The van der Waals surface area contributed by atoms with E-state index in [0.717, 1.165) is 12.1 Å². The van der Waals surface area contributed by atoms with E-state index in [4.69, 9.17) is 0 Å². The molecule has 68 valence electrons. The molecule has 0 spiro atoms. The predicted octanol–water partition coefficient (Wildman–Crippen LogP) is 1.90. The number of fused-ring (bicyclic) bond motifs is 1. The highest BCUT2D eigenvalue weighted by Crippen LogP contribution is 2.29. The maximum atomic E-state index is 11.4. The van der Waals surface area contributed by atoms with E-state index in [0.29, 0.717) is 6.42 Å². The fourth-order valence-electron chi connectivity index (χ4n) is 1.94. The normalized spacial score (nSPS) is 15.8. The fraction of sp³-hybridized carbons (Fsp3) is 0.364. The lowest BCUT2D eigenvalue weighted by molar-refractivity contribution is -0.118. The second kappa shape index (κ2) is 2.87. The lowest BCUT2D eigenvalue weighted by Gasteiger charge is -2.27. The number of amides is 1. The van der Waals surface area contributed by atoms with E-state index in [1.807, 2.05) is 20.0 Å². The molecule has 0 saturated carbocycles. The van der Waals surface area contributed by atoms with Crippen molar-refractivity contribution in [1.29, 1.82) is 0 Å². The molecule has 1 aliphatic heterocycles. The Balaban J connectivity index is 2.57. The van der Waals surface area contributed by atoms with E-state index in [-0.39, 0.29) is 5.91 Å². The molecule has 0 saturated heterocycles. The molecule has 1 heterocycles. The number of nitrogens with zero attached hydrogens (tertiary/aromatic N) is 1. The van der Waals surface area contributed by atoms with Crippen LogP contribution < -0.4 is 4.90 Å². The maximum Gasteiger partial charge on any atom is 0.227 e. The van der Waals surface area contributed by atoms with Crippen LogP contribution in [-0.2, 0) is 11.2 Å². The van der Waals surface area contributed by atoms with Crippen LogP contribution in [0.3, 0.4) is 0 Å². The first-order valence-electron chi connectivity index (χ1n) is 4.55. The van der Waals surface area contributed by atoms with Gasteiger partial charge in [-0.2, -0.15) is 0 Å². The van der Waals surface area contributed by atoms with Crippen LogP contribution >= 0.6 is 0 Å². The summed E-state index contributed by atoms with van der Waals surface area (Å²) in [6.45, 7) is 2.05. The van der Waals surface area contributed by atoms with Crippen LogP contribution in [0.5, 0.6) is 0 Å². The minimum Gasteiger partial charge on any atom is -0.315 e. The van der Waals surface area contributed by atoms with Crippen molar-refractivity contribution in [2.45, 2.75) is 19.8 Å². The monoisotopic (exact) mass is 175 g/mol. The summed E-state index contributed by atoms with van der Waals surface area (Å²) in [4.78, 5) is 13.2. The van der Waals surface area contributed by atoms with Crippen molar-refractivity contribution >= 4 is 11.6 Å². The third kappa shape index (κ3) is 1.22. The smallest absolute Gasteiger partial charge is 0.227 e. The van der Waals surface area contributed by atoms with Crippen LogP contribution in [0.15, 0.2) is 18.2 Å². The molecule has 1 aliphatic rings. The summed E-state index contributed by atoms with van der Waals surface area (Å²) >= 11 is 0. The molecule has 2 nitrogen and oxygen atoms in total. The second-order valence-corrected chi connectivity index (χ2v) is 3.54. The Labute approximate surface area is 78.2 Å². The molecular weight excluding hydrogens is 162 g/mol. The van der Waals surface area contributed by atoms with Crippen molar-refractivity contribution in [3.8, 4) is 0 Å². The van der Waals surface area contributed by atoms with Crippen LogP contribution in [0.2, 0.25) is 0 Å². The van der Waals surface area contributed by atoms with Gasteiger partial charge in [-0.15, -0.1) is 0 Å². The van der Waals surface area contributed by atoms with Crippen molar-refractivity contribution in [3.63, 3.8) is 0 Å². The van der Waals surface area contributed by atoms with E-state index in [1.54, 1.807) is 4.90 Å². The van der Waals surface area contributed by atoms with E-state index in [9.17, 15) is 4.79 Å². The predicted molar refractivity (Wildman–Crippen MR) is 52.9 cm³/mol. The SMILES string of the molecule is Cc1cccc2c1N(C)C(=O)CC2. The number of anilines is 1. The van der Waals surface area contributed by atoms with E-state index in [2.05, 4.69) is 12.1 Å². The number of carbonyl (C=O) groups excluding carboxylic acids is 1. The Morgan fingerprint density at radius 1 is 1.31 bits per heavy atom. The topological polar surface area (TPSA) is 20.3 Å². The lowest BCUT2D eigenvalue weighted by Crippen LogP contribution is -2.31. The Kier molecular flexibility index (Phi) is 1.83. The summed E-state index contributed by atoms with van der Waals surface area (Å²) in [6, 6.07) is 6.21. The zero-order valence-corrected chi connectivity index (χ0v) is 8.00. The van der Waals surface area contributed by atoms with Gasteiger partial charge in [0.25, 0.3) is 0 Å². The number of benzene rings is 1. The number of carbonyl (C=O) groups is 1. The molecule has 1 amide bonds. The van der Waals surface area contributed by atoms with E-state index < -0.39 is 0 Å². The first-order chi connectivity index (χ1) is 6.20. The molecule has 0 unspecified atom stereocenters. The van der Waals surface area contributed by atoms with Crippen LogP contribution in [0, 0.1) is 6.92 Å². The van der Waals surface area contributed by atoms with Gasteiger partial charge in [0.15, 0.2) is 0 Å². The summed E-state index contributed by atoms with van der Waals surface area (Å²) in [5.41, 5.74) is 3.59. The molecule has 2 heteroatoms. The van der Waals surface area contributed by atoms with E-state index in [1.165, 1.54) is 11.1 Å². The van der Waals surface area contributed by atoms with Gasteiger partial charge in [0.2, 0.25) is 5.91 Å². The zero-order valence-electron chi connectivity index (χ0n) is 8.00. The van der Waals surface area contributed by atoms with Crippen LogP contribution in [0.4, 0.5) is 5.69 Å². The molecule has 0 atom stereocenters. The minimum atomic E-state index is 0.224. The Hall–Kier alpha value is -1.31. The summed E-state index contributed by atoms with van der Waals surface area (Å²) in [5, 5.41) is 0. The number of rotatable bonds is 0. The third-order valence-corrected chi connectivity index (χ3v) is 2.64. The van der Waals surface area contributed by atoms with E-state index >= 15 is 0 Å². The van der Waals surface area contributed by atoms with Crippen LogP contribution in [-0.4, -0.2) is 13.0 Å². The Bertz CT molecular complexity index is 357. The molecule has 0 aromatic heterocycles. The van der Waals surface area contributed by atoms with Crippen molar-refractivity contribution < 1.29 is 4.79 Å². The molecule has 0 fully saturated rings. The van der Waals surface area contributed by atoms with Crippen molar-refractivity contribution in [1.82, 2.24) is 0 Å². The van der Waals surface area contributed by atoms with Crippen molar-refractivity contribution in [2.75, 3.05) is 11.9 Å². The molecular formula is C11H13NO. The number of hydrogen-bond acceptors (Lipinski definition) is 1. The molecule has 0 aliphatic carbocycles. The number of hydrogen-bond donors (Lipinski definition) is 0. The molecule has 13 heavy (non-hydrogen) atoms. The average molecular weight is 175 g/mol. The molecule has 2 rings (SSSR count). The summed E-state index contributed by atoms with van der Waals surface area (Å²) in [5.74, 6) is 0.224. The number of para-hydroxylation sites is 1. The van der Waals surface area contributed by atoms with Crippen LogP contribution in [0.25, 0.3) is 0 Å². The van der Waals surface area contributed by atoms with Gasteiger partial charge in [-0.1, -0.05) is 18.2 Å².